The zero-order valence-corrected chi connectivity index (χ0v) is 13.9. The van der Waals surface area contributed by atoms with Crippen molar-refractivity contribution in [1.29, 1.82) is 0 Å². The molecule has 0 bridgehead atoms. The van der Waals surface area contributed by atoms with Gasteiger partial charge in [-0.05, 0) is 42.0 Å². The molecule has 124 valence electrons. The van der Waals surface area contributed by atoms with E-state index < -0.39 is 0 Å². The highest BCUT2D eigenvalue weighted by Crippen LogP contribution is 2.20. The number of nitrogens with zero attached hydrogens (tertiary/aromatic N) is 2. The minimum atomic E-state index is -0.0461. The monoisotopic (exact) mass is 330 g/mol. The average molecular weight is 330 g/mol. The van der Waals surface area contributed by atoms with Crippen LogP contribution in [0.2, 0.25) is 0 Å². The average Bonchev–Trinajstić information content (AvgIpc) is 2.95. The second-order valence-corrected chi connectivity index (χ2v) is 5.88. The van der Waals surface area contributed by atoms with Crippen molar-refractivity contribution in [1.82, 2.24) is 9.13 Å². The van der Waals surface area contributed by atoms with Crippen LogP contribution < -0.4 is 10.4 Å². The number of ether oxygens (including phenoxy) is 1. The number of methoxy groups -OCH3 is 1. The highest BCUT2D eigenvalue weighted by molar-refractivity contribution is 5.78. The van der Waals surface area contributed by atoms with Gasteiger partial charge in [-0.2, -0.15) is 0 Å². The maximum absolute atomic E-state index is 13.1. The van der Waals surface area contributed by atoms with Gasteiger partial charge < -0.3 is 4.74 Å². The normalized spacial score (nSPS) is 10.9. The van der Waals surface area contributed by atoms with Crippen molar-refractivity contribution in [3.8, 4) is 11.4 Å². The molecule has 4 nitrogen and oxygen atoms in total. The Kier molecular flexibility index (Phi) is 3.86. The summed E-state index contributed by atoms with van der Waals surface area (Å²) >= 11 is 0. The molecule has 1 aromatic heterocycles. The van der Waals surface area contributed by atoms with Crippen molar-refractivity contribution in [2.24, 2.45) is 0 Å². The number of para-hydroxylation sites is 2. The van der Waals surface area contributed by atoms with Gasteiger partial charge in [-0.3, -0.25) is 9.13 Å². The molecule has 0 saturated heterocycles. The Labute approximate surface area is 145 Å². The Morgan fingerprint density at radius 3 is 2.12 bits per heavy atom. The summed E-state index contributed by atoms with van der Waals surface area (Å²) in [5.74, 6) is 0.768. The van der Waals surface area contributed by atoms with Crippen molar-refractivity contribution in [3.05, 3.63) is 94.9 Å². The zero-order valence-electron chi connectivity index (χ0n) is 13.9. The van der Waals surface area contributed by atoms with Gasteiger partial charge in [0, 0.05) is 0 Å². The molecule has 0 atom stereocenters. The van der Waals surface area contributed by atoms with Gasteiger partial charge in [0.1, 0.15) is 5.75 Å². The number of rotatable bonds is 4. The van der Waals surface area contributed by atoms with E-state index in [-0.39, 0.29) is 5.69 Å². The molecule has 0 amide bonds. The quantitative estimate of drug-likeness (QED) is 0.570. The maximum Gasteiger partial charge on any atom is 0.334 e. The molecule has 4 aromatic rings. The van der Waals surface area contributed by atoms with Gasteiger partial charge in [-0.1, -0.05) is 42.5 Å². The smallest absolute Gasteiger partial charge is 0.334 e. The number of aromatic nitrogens is 2. The van der Waals surface area contributed by atoms with Crippen LogP contribution in [-0.2, 0) is 6.54 Å². The second-order valence-electron chi connectivity index (χ2n) is 5.88. The molecule has 0 aliphatic carbocycles. The Hall–Kier alpha value is -3.27. The molecule has 1 heterocycles. The molecule has 4 rings (SSSR count). The lowest BCUT2D eigenvalue weighted by Gasteiger charge is -2.05. The van der Waals surface area contributed by atoms with E-state index in [1.54, 1.807) is 11.7 Å². The fourth-order valence-corrected chi connectivity index (χ4v) is 3.11. The number of fused-ring (bicyclic) bond motifs is 1. The highest BCUT2D eigenvalue weighted by atomic mass is 16.5. The summed E-state index contributed by atoms with van der Waals surface area (Å²) in [5.41, 5.74) is 3.70. The van der Waals surface area contributed by atoms with Crippen molar-refractivity contribution in [2.45, 2.75) is 6.54 Å². The Morgan fingerprint density at radius 2 is 1.44 bits per heavy atom. The number of hydrogen-bond donors (Lipinski definition) is 0. The fourth-order valence-electron chi connectivity index (χ4n) is 3.11. The maximum atomic E-state index is 13.1. The van der Waals surface area contributed by atoms with E-state index >= 15 is 0 Å². The summed E-state index contributed by atoms with van der Waals surface area (Å²) < 4.78 is 8.78. The summed E-state index contributed by atoms with van der Waals surface area (Å²) in [6.45, 7) is 0.545. The van der Waals surface area contributed by atoms with Crippen LogP contribution in [0.15, 0.2) is 83.7 Å². The van der Waals surface area contributed by atoms with Gasteiger partial charge in [-0.15, -0.1) is 0 Å². The van der Waals surface area contributed by atoms with Crippen molar-refractivity contribution in [2.75, 3.05) is 7.11 Å². The van der Waals surface area contributed by atoms with Gasteiger partial charge in [0.25, 0.3) is 0 Å². The van der Waals surface area contributed by atoms with Crippen LogP contribution in [-0.4, -0.2) is 16.2 Å². The molecule has 0 saturated carbocycles. The first kappa shape index (κ1) is 15.3. The standard InChI is InChI=1S/C21H18N2O2/c1-25-18-13-11-17(12-14-18)23-20-10-6-5-9-19(20)22(21(23)24)15-16-7-3-2-4-8-16/h2-14H,15H2,1H3. The summed E-state index contributed by atoms with van der Waals surface area (Å²) in [7, 11) is 1.63. The molecule has 4 heteroatoms. The van der Waals surface area contributed by atoms with E-state index in [1.807, 2.05) is 83.4 Å². The number of imidazole rings is 1. The molecular formula is C21H18N2O2. The first-order chi connectivity index (χ1) is 12.3. The Morgan fingerprint density at radius 1 is 0.800 bits per heavy atom. The van der Waals surface area contributed by atoms with Crippen LogP contribution >= 0.6 is 0 Å². The minimum absolute atomic E-state index is 0.0461. The molecule has 0 spiro atoms. The lowest BCUT2D eigenvalue weighted by molar-refractivity contribution is 0.414. The molecular weight excluding hydrogens is 312 g/mol. The predicted octanol–water partition coefficient (Wildman–Crippen LogP) is 3.85. The Bertz CT molecular complexity index is 1060. The first-order valence-corrected chi connectivity index (χ1v) is 8.16. The topological polar surface area (TPSA) is 36.2 Å². The molecule has 3 aromatic carbocycles. The van der Waals surface area contributed by atoms with Gasteiger partial charge in [0.15, 0.2) is 0 Å². The third kappa shape index (κ3) is 2.72. The van der Waals surface area contributed by atoms with Crippen molar-refractivity contribution >= 4 is 11.0 Å². The third-order valence-electron chi connectivity index (χ3n) is 4.35. The van der Waals surface area contributed by atoms with E-state index in [2.05, 4.69) is 0 Å². The first-order valence-electron chi connectivity index (χ1n) is 8.16. The highest BCUT2D eigenvalue weighted by Gasteiger charge is 2.14. The summed E-state index contributed by atoms with van der Waals surface area (Å²) in [4.78, 5) is 13.1. The van der Waals surface area contributed by atoms with Crippen LogP contribution in [0.25, 0.3) is 16.7 Å². The molecule has 0 aliphatic heterocycles. The van der Waals surface area contributed by atoms with E-state index in [1.165, 1.54) is 0 Å². The number of hydrogen-bond acceptors (Lipinski definition) is 2. The van der Waals surface area contributed by atoms with E-state index in [4.69, 9.17) is 4.74 Å². The molecule has 0 N–H and O–H groups in total. The van der Waals surface area contributed by atoms with E-state index in [0.717, 1.165) is 28.0 Å². The van der Waals surface area contributed by atoms with E-state index in [0.29, 0.717) is 6.54 Å². The largest absolute Gasteiger partial charge is 0.497 e. The lowest BCUT2D eigenvalue weighted by atomic mass is 10.2. The SMILES string of the molecule is COc1ccc(-n2c(=O)n(Cc3ccccc3)c3ccccc32)cc1. The van der Waals surface area contributed by atoms with Crippen LogP contribution in [0.3, 0.4) is 0 Å². The van der Waals surface area contributed by atoms with Crippen LogP contribution in [0.4, 0.5) is 0 Å². The fraction of sp³-hybridized carbons (Fsp3) is 0.0952. The van der Waals surface area contributed by atoms with Gasteiger partial charge in [0.05, 0.1) is 30.4 Å². The van der Waals surface area contributed by atoms with Crippen LogP contribution in [0, 0.1) is 0 Å². The zero-order chi connectivity index (χ0) is 17.2. The van der Waals surface area contributed by atoms with Crippen LogP contribution in [0.5, 0.6) is 5.75 Å². The molecule has 25 heavy (non-hydrogen) atoms. The molecule has 0 fully saturated rings. The minimum Gasteiger partial charge on any atom is -0.497 e. The van der Waals surface area contributed by atoms with Gasteiger partial charge in [0.2, 0.25) is 0 Å². The summed E-state index contributed by atoms with van der Waals surface area (Å²) in [6.07, 6.45) is 0. The van der Waals surface area contributed by atoms with Crippen molar-refractivity contribution < 1.29 is 4.74 Å². The molecule has 0 aliphatic rings. The third-order valence-corrected chi connectivity index (χ3v) is 4.35. The number of benzene rings is 3. The summed E-state index contributed by atoms with van der Waals surface area (Å²) in [6, 6.07) is 25.4. The second kappa shape index (κ2) is 6.32. The van der Waals surface area contributed by atoms with Crippen LogP contribution in [0.1, 0.15) is 5.56 Å². The lowest BCUT2D eigenvalue weighted by Crippen LogP contribution is -2.23. The molecule has 0 unspecified atom stereocenters. The summed E-state index contributed by atoms with van der Waals surface area (Å²) in [5, 5.41) is 0. The molecule has 0 radical (unpaired) electrons. The van der Waals surface area contributed by atoms with Gasteiger partial charge >= 0.3 is 5.69 Å². The predicted molar refractivity (Wildman–Crippen MR) is 99.6 cm³/mol. The Balaban J connectivity index is 1.90. The van der Waals surface area contributed by atoms with Crippen molar-refractivity contribution in [3.63, 3.8) is 0 Å². The van der Waals surface area contributed by atoms with E-state index in [9.17, 15) is 4.79 Å². The van der Waals surface area contributed by atoms with Gasteiger partial charge in [-0.25, -0.2) is 4.79 Å².